The zero-order chi connectivity index (χ0) is 30.2. The molecular weight excluding hydrogens is 572 g/mol. The number of para-hydroxylation sites is 1. The van der Waals surface area contributed by atoms with Crippen molar-refractivity contribution in [3.05, 3.63) is 76.8 Å². The third-order valence-corrected chi connectivity index (χ3v) is 10.7. The first kappa shape index (κ1) is 29.4. The van der Waals surface area contributed by atoms with E-state index in [1.54, 1.807) is 12.1 Å². The number of rotatable bonds is 8. The van der Waals surface area contributed by atoms with Crippen LogP contribution in [-0.2, 0) is 17.8 Å². The molecule has 3 fully saturated rings. The van der Waals surface area contributed by atoms with Gasteiger partial charge < -0.3 is 14.8 Å². The minimum Gasteiger partial charge on any atom is -0.336 e. The molecule has 1 aromatic heterocycles. The fourth-order valence-corrected chi connectivity index (χ4v) is 8.17. The number of aryl methyl sites for hydroxylation is 1. The van der Waals surface area contributed by atoms with Gasteiger partial charge in [0.25, 0.3) is 0 Å². The highest BCUT2D eigenvalue weighted by Gasteiger charge is 2.42. The van der Waals surface area contributed by atoms with Crippen molar-refractivity contribution in [1.82, 2.24) is 19.4 Å². The van der Waals surface area contributed by atoms with E-state index in [1.807, 2.05) is 47.4 Å². The Morgan fingerprint density at radius 1 is 0.977 bits per heavy atom. The summed E-state index contributed by atoms with van der Waals surface area (Å²) >= 11 is 6.04. The van der Waals surface area contributed by atoms with Gasteiger partial charge in [-0.1, -0.05) is 36.2 Å². The van der Waals surface area contributed by atoms with E-state index in [-0.39, 0.29) is 11.9 Å². The lowest BCUT2D eigenvalue weighted by molar-refractivity contribution is -0.139. The second kappa shape index (κ2) is 12.6. The maximum absolute atomic E-state index is 13.4. The Bertz CT molecular complexity index is 1470. The molecule has 4 heterocycles. The lowest BCUT2D eigenvalue weighted by atomic mass is 9.84. The van der Waals surface area contributed by atoms with Crippen LogP contribution >= 0.6 is 11.6 Å². The molecule has 2 bridgehead atoms. The van der Waals surface area contributed by atoms with Crippen molar-refractivity contribution in [2.24, 2.45) is 5.92 Å². The van der Waals surface area contributed by atoms with Crippen molar-refractivity contribution in [2.45, 2.75) is 89.4 Å². The maximum Gasteiger partial charge on any atom is 0.326 e. The number of fused-ring (bicyclic) bond motifs is 3. The topological polar surface area (TPSA) is 73.7 Å². The Morgan fingerprint density at radius 3 is 2.39 bits per heavy atom. The van der Waals surface area contributed by atoms with Gasteiger partial charge >= 0.3 is 6.03 Å². The van der Waals surface area contributed by atoms with Crippen molar-refractivity contribution >= 4 is 34.9 Å². The fourth-order valence-electron chi connectivity index (χ4n) is 8.04. The van der Waals surface area contributed by atoms with Crippen LogP contribution in [-0.4, -0.2) is 63.0 Å². The van der Waals surface area contributed by atoms with E-state index >= 15 is 0 Å². The van der Waals surface area contributed by atoms with Gasteiger partial charge in [0.15, 0.2) is 0 Å². The quantitative estimate of drug-likeness (QED) is 0.302. The molecule has 3 amide bonds. The molecule has 1 saturated carbocycles. The van der Waals surface area contributed by atoms with Gasteiger partial charge in [-0.2, -0.15) is 0 Å². The smallest absolute Gasteiger partial charge is 0.326 e. The summed E-state index contributed by atoms with van der Waals surface area (Å²) in [5.41, 5.74) is 4.11. The molecule has 1 N–H and O–H groups in total. The molecule has 1 unspecified atom stereocenters. The van der Waals surface area contributed by atoms with Gasteiger partial charge in [-0.15, -0.1) is 0 Å². The van der Waals surface area contributed by atoms with E-state index in [4.69, 9.17) is 16.6 Å². The van der Waals surface area contributed by atoms with Gasteiger partial charge in [0.2, 0.25) is 5.91 Å². The van der Waals surface area contributed by atoms with Crippen LogP contribution < -0.4 is 10.2 Å². The monoisotopic (exact) mass is 614 g/mol. The number of benzene rings is 2. The average Bonchev–Trinajstić information content (AvgIpc) is 3.45. The first-order valence-corrected chi connectivity index (χ1v) is 16.8. The number of amides is 3. The maximum atomic E-state index is 13.4. The van der Waals surface area contributed by atoms with Crippen LogP contribution in [0.3, 0.4) is 0 Å². The van der Waals surface area contributed by atoms with E-state index in [9.17, 15) is 9.59 Å². The van der Waals surface area contributed by atoms with E-state index in [2.05, 4.69) is 26.6 Å². The third kappa shape index (κ3) is 5.86. The molecule has 1 aliphatic carbocycles. The number of nitrogens with zero attached hydrogens (tertiary/aromatic N) is 5. The van der Waals surface area contributed by atoms with Gasteiger partial charge in [0.05, 0.1) is 12.2 Å². The summed E-state index contributed by atoms with van der Waals surface area (Å²) < 4.78 is 2.54. The first-order chi connectivity index (χ1) is 21.4. The summed E-state index contributed by atoms with van der Waals surface area (Å²) in [5, 5.41) is 3.69. The summed E-state index contributed by atoms with van der Waals surface area (Å²) in [6, 6.07) is 18.6. The zero-order valence-electron chi connectivity index (χ0n) is 25.6. The number of imidazole rings is 1. The van der Waals surface area contributed by atoms with Crippen LogP contribution in [0.5, 0.6) is 0 Å². The molecule has 2 saturated heterocycles. The summed E-state index contributed by atoms with van der Waals surface area (Å²) in [5.74, 6) is 1.70. The second-order valence-electron chi connectivity index (χ2n) is 13.1. The van der Waals surface area contributed by atoms with Crippen molar-refractivity contribution in [2.75, 3.05) is 29.9 Å². The van der Waals surface area contributed by atoms with Crippen molar-refractivity contribution in [1.29, 1.82) is 0 Å². The number of carbonyl (C=O) groups is 2. The molecule has 4 aliphatic rings. The predicted octanol–water partition coefficient (Wildman–Crippen LogP) is 6.83. The highest BCUT2D eigenvalue weighted by Crippen LogP contribution is 2.42. The molecule has 9 heteroatoms. The standard InChI is InChI=1S/C35H43ClN6O2/c1-24-37-32-23-39(34(43)25-7-5-8-25)20-17-33(32)42(24)31-21-29-15-16-30(22-31)40(29)18-6-19-41(28-9-3-2-4-10-28)35(44)38-27-13-11-26(36)12-14-27/h2-4,9-14,25,29-31H,5-8,15-23H2,1H3,(H,38,44)/t29-,30+,31?. The van der Waals surface area contributed by atoms with Gasteiger partial charge in [-0.05, 0) is 88.3 Å². The number of aromatic nitrogens is 2. The van der Waals surface area contributed by atoms with E-state index in [0.717, 1.165) is 74.5 Å². The lowest BCUT2D eigenvalue weighted by Crippen LogP contribution is -2.46. The lowest BCUT2D eigenvalue weighted by Gasteiger charge is -2.41. The molecule has 0 radical (unpaired) electrons. The Labute approximate surface area is 265 Å². The highest BCUT2D eigenvalue weighted by atomic mass is 35.5. The van der Waals surface area contributed by atoms with Gasteiger partial charge in [-0.3, -0.25) is 14.6 Å². The van der Waals surface area contributed by atoms with Crippen LogP contribution in [0.25, 0.3) is 0 Å². The van der Waals surface area contributed by atoms with Crippen LogP contribution in [0.4, 0.5) is 16.2 Å². The largest absolute Gasteiger partial charge is 0.336 e. The fraction of sp³-hybridized carbons (Fsp3) is 0.514. The number of anilines is 2. The second-order valence-corrected chi connectivity index (χ2v) is 13.5. The van der Waals surface area contributed by atoms with Crippen LogP contribution in [0.1, 0.15) is 74.6 Å². The number of hydrogen-bond donors (Lipinski definition) is 1. The molecule has 3 atom stereocenters. The molecule has 232 valence electrons. The number of urea groups is 1. The van der Waals surface area contributed by atoms with Gasteiger partial charge in [0, 0.05) is 72.2 Å². The summed E-state index contributed by atoms with van der Waals surface area (Å²) in [7, 11) is 0. The van der Waals surface area contributed by atoms with Crippen molar-refractivity contribution in [3.63, 3.8) is 0 Å². The minimum atomic E-state index is -0.131. The summed E-state index contributed by atoms with van der Waals surface area (Å²) in [4.78, 5) is 37.9. The number of hydrogen-bond acceptors (Lipinski definition) is 4. The van der Waals surface area contributed by atoms with Gasteiger partial charge in [0.1, 0.15) is 5.82 Å². The van der Waals surface area contributed by atoms with Crippen LogP contribution in [0.2, 0.25) is 5.02 Å². The summed E-state index contributed by atoms with van der Waals surface area (Å²) in [6.45, 7) is 5.28. The molecule has 2 aromatic carbocycles. The normalized spacial score (nSPS) is 23.2. The Hall–Kier alpha value is -3.36. The molecule has 3 aromatic rings. The van der Waals surface area contributed by atoms with Crippen molar-refractivity contribution in [3.8, 4) is 0 Å². The number of carbonyl (C=O) groups excluding carboxylic acids is 2. The van der Waals surface area contributed by atoms with E-state index in [1.165, 1.54) is 25.0 Å². The number of piperidine rings is 1. The Balaban J connectivity index is 0.981. The third-order valence-electron chi connectivity index (χ3n) is 10.4. The van der Waals surface area contributed by atoms with Crippen molar-refractivity contribution < 1.29 is 9.59 Å². The number of nitrogens with one attached hydrogen (secondary N) is 1. The van der Waals surface area contributed by atoms with Crippen LogP contribution in [0.15, 0.2) is 54.6 Å². The minimum absolute atomic E-state index is 0.131. The number of halogens is 1. The summed E-state index contributed by atoms with van der Waals surface area (Å²) in [6.07, 6.45) is 9.88. The average molecular weight is 615 g/mol. The molecular formula is C35H43ClN6O2. The highest BCUT2D eigenvalue weighted by molar-refractivity contribution is 6.30. The van der Waals surface area contributed by atoms with Crippen LogP contribution in [0, 0.1) is 12.8 Å². The SMILES string of the molecule is Cc1nc2c(n1C1C[C@H]3CC[C@@H](C1)N3CCCN(C(=O)Nc1ccc(Cl)cc1)c1ccccc1)CCN(C(=O)C1CCC1)C2. The zero-order valence-corrected chi connectivity index (χ0v) is 26.4. The molecule has 3 aliphatic heterocycles. The molecule has 8 nitrogen and oxygen atoms in total. The van der Waals surface area contributed by atoms with E-state index < -0.39 is 0 Å². The van der Waals surface area contributed by atoms with Gasteiger partial charge in [-0.25, -0.2) is 9.78 Å². The molecule has 44 heavy (non-hydrogen) atoms. The first-order valence-electron chi connectivity index (χ1n) is 16.4. The Morgan fingerprint density at radius 2 is 1.70 bits per heavy atom. The molecule has 7 rings (SSSR count). The van der Waals surface area contributed by atoms with E-state index in [0.29, 0.717) is 42.1 Å². The Kier molecular flexibility index (Phi) is 8.38. The predicted molar refractivity (Wildman–Crippen MR) is 174 cm³/mol. The molecule has 0 spiro atoms.